The van der Waals surface area contributed by atoms with Crippen LogP contribution in [0.3, 0.4) is 0 Å². The van der Waals surface area contributed by atoms with Gasteiger partial charge in [-0.3, -0.25) is 4.90 Å². The first-order chi connectivity index (χ1) is 7.00. The Bertz CT molecular complexity index is 330. The van der Waals surface area contributed by atoms with E-state index >= 15 is 0 Å². The van der Waals surface area contributed by atoms with E-state index in [9.17, 15) is 4.79 Å². The molecule has 3 heteroatoms. The zero-order chi connectivity index (χ0) is 11.4. The lowest BCUT2D eigenvalue weighted by Crippen LogP contribution is -2.29. The molecule has 0 saturated carbocycles. The number of aryl methyl sites for hydroxylation is 1. The van der Waals surface area contributed by atoms with E-state index in [1.165, 1.54) is 10.5 Å². The normalized spacial score (nSPS) is 10.2. The molecule has 3 nitrogen and oxygen atoms in total. The second-order valence-corrected chi connectivity index (χ2v) is 3.83. The van der Waals surface area contributed by atoms with Gasteiger partial charge in [0.15, 0.2) is 0 Å². The standard InChI is InChI=1S/C12H17NO2/c1-9(2)15-12(14)13(4)11-7-5-10(3)6-8-11/h5-9H,1-4H3. The van der Waals surface area contributed by atoms with E-state index in [-0.39, 0.29) is 12.2 Å². The van der Waals surface area contributed by atoms with E-state index in [1.54, 1.807) is 7.05 Å². The van der Waals surface area contributed by atoms with Crippen LogP contribution in [0.15, 0.2) is 24.3 Å². The Kier molecular flexibility index (Phi) is 3.72. The molecule has 0 unspecified atom stereocenters. The number of amides is 1. The lowest BCUT2D eigenvalue weighted by molar-refractivity contribution is 0.124. The molecule has 0 aliphatic rings. The highest BCUT2D eigenvalue weighted by Crippen LogP contribution is 2.14. The monoisotopic (exact) mass is 207 g/mol. The summed E-state index contributed by atoms with van der Waals surface area (Å²) < 4.78 is 5.08. The Morgan fingerprint density at radius 2 is 1.80 bits per heavy atom. The fraction of sp³-hybridized carbons (Fsp3) is 0.417. The van der Waals surface area contributed by atoms with E-state index in [0.29, 0.717) is 0 Å². The molecule has 1 aromatic carbocycles. The third kappa shape index (κ3) is 3.27. The lowest BCUT2D eigenvalue weighted by Gasteiger charge is -2.18. The van der Waals surface area contributed by atoms with Crippen LogP contribution in [-0.2, 0) is 4.74 Å². The van der Waals surface area contributed by atoms with E-state index in [1.807, 2.05) is 45.0 Å². The van der Waals surface area contributed by atoms with E-state index in [2.05, 4.69) is 0 Å². The molecule has 0 radical (unpaired) electrons. The average molecular weight is 207 g/mol. The molecule has 1 amide bonds. The van der Waals surface area contributed by atoms with Crippen LogP contribution in [0.25, 0.3) is 0 Å². The summed E-state index contributed by atoms with van der Waals surface area (Å²) in [6.07, 6.45) is -0.417. The maximum absolute atomic E-state index is 11.5. The molecule has 0 aromatic heterocycles. The minimum absolute atomic E-state index is 0.0922. The third-order valence-corrected chi connectivity index (χ3v) is 2.03. The summed E-state index contributed by atoms with van der Waals surface area (Å²) in [4.78, 5) is 13.0. The summed E-state index contributed by atoms with van der Waals surface area (Å²) >= 11 is 0. The van der Waals surface area contributed by atoms with Crippen molar-refractivity contribution >= 4 is 11.8 Å². The average Bonchev–Trinajstić information content (AvgIpc) is 2.17. The van der Waals surface area contributed by atoms with Crippen LogP contribution in [-0.4, -0.2) is 19.2 Å². The first-order valence-corrected chi connectivity index (χ1v) is 5.01. The van der Waals surface area contributed by atoms with Crippen LogP contribution in [0.2, 0.25) is 0 Å². The van der Waals surface area contributed by atoms with Gasteiger partial charge >= 0.3 is 6.09 Å². The second-order valence-electron chi connectivity index (χ2n) is 3.83. The number of nitrogens with zero attached hydrogens (tertiary/aromatic N) is 1. The molecule has 0 bridgehead atoms. The molecule has 0 N–H and O–H groups in total. The second kappa shape index (κ2) is 4.82. The van der Waals surface area contributed by atoms with Crippen molar-refractivity contribution in [2.45, 2.75) is 26.9 Å². The maximum Gasteiger partial charge on any atom is 0.414 e. The van der Waals surface area contributed by atoms with Crippen molar-refractivity contribution in [3.05, 3.63) is 29.8 Å². The summed E-state index contributed by atoms with van der Waals surface area (Å²) in [7, 11) is 1.70. The predicted molar refractivity (Wildman–Crippen MR) is 61.2 cm³/mol. The fourth-order valence-electron chi connectivity index (χ4n) is 1.15. The van der Waals surface area contributed by atoms with Crippen molar-refractivity contribution in [1.82, 2.24) is 0 Å². The molecule has 82 valence electrons. The van der Waals surface area contributed by atoms with Gasteiger partial charge in [-0.2, -0.15) is 0 Å². The summed E-state index contributed by atoms with van der Waals surface area (Å²) in [6, 6.07) is 7.73. The van der Waals surface area contributed by atoms with Gasteiger partial charge in [-0.15, -0.1) is 0 Å². The number of hydrogen-bond donors (Lipinski definition) is 0. The van der Waals surface area contributed by atoms with Gasteiger partial charge in [0.25, 0.3) is 0 Å². The number of carbonyl (C=O) groups is 1. The number of rotatable bonds is 2. The molecular weight excluding hydrogens is 190 g/mol. The van der Waals surface area contributed by atoms with Gasteiger partial charge < -0.3 is 4.74 Å². The summed E-state index contributed by atoms with van der Waals surface area (Å²) in [5.74, 6) is 0. The molecule has 1 aromatic rings. The highest BCUT2D eigenvalue weighted by molar-refractivity contribution is 5.86. The van der Waals surface area contributed by atoms with Crippen LogP contribution < -0.4 is 4.90 Å². The van der Waals surface area contributed by atoms with Crippen molar-refractivity contribution in [3.8, 4) is 0 Å². The number of anilines is 1. The zero-order valence-corrected chi connectivity index (χ0v) is 9.65. The minimum atomic E-state index is -0.325. The van der Waals surface area contributed by atoms with Crippen LogP contribution in [0.4, 0.5) is 10.5 Å². The highest BCUT2D eigenvalue weighted by atomic mass is 16.6. The molecule has 0 aliphatic carbocycles. The Morgan fingerprint density at radius 3 is 2.27 bits per heavy atom. The largest absolute Gasteiger partial charge is 0.446 e. The Morgan fingerprint density at radius 1 is 1.27 bits per heavy atom. The molecule has 1 rings (SSSR count). The predicted octanol–water partition coefficient (Wildman–Crippen LogP) is 2.98. The van der Waals surface area contributed by atoms with Crippen LogP contribution in [0.5, 0.6) is 0 Å². The van der Waals surface area contributed by atoms with E-state index < -0.39 is 0 Å². The van der Waals surface area contributed by atoms with Crippen LogP contribution in [0.1, 0.15) is 19.4 Å². The van der Waals surface area contributed by atoms with Gasteiger partial charge in [-0.25, -0.2) is 4.79 Å². The van der Waals surface area contributed by atoms with E-state index in [4.69, 9.17) is 4.74 Å². The molecule has 0 fully saturated rings. The summed E-state index contributed by atoms with van der Waals surface area (Å²) in [5, 5.41) is 0. The van der Waals surface area contributed by atoms with Crippen molar-refractivity contribution in [3.63, 3.8) is 0 Å². The lowest BCUT2D eigenvalue weighted by atomic mass is 10.2. The number of benzene rings is 1. The first-order valence-electron chi connectivity index (χ1n) is 5.01. The zero-order valence-electron chi connectivity index (χ0n) is 9.65. The molecule has 0 heterocycles. The first kappa shape index (κ1) is 11.6. The molecular formula is C12H17NO2. The topological polar surface area (TPSA) is 29.5 Å². The Hall–Kier alpha value is -1.51. The van der Waals surface area contributed by atoms with Crippen molar-refractivity contribution in [2.24, 2.45) is 0 Å². The number of carbonyl (C=O) groups excluding carboxylic acids is 1. The number of ether oxygens (including phenoxy) is 1. The third-order valence-electron chi connectivity index (χ3n) is 2.03. The van der Waals surface area contributed by atoms with Gasteiger partial charge in [-0.05, 0) is 32.9 Å². The molecule has 0 spiro atoms. The van der Waals surface area contributed by atoms with E-state index in [0.717, 1.165) is 5.69 Å². The summed E-state index contributed by atoms with van der Waals surface area (Å²) in [5.41, 5.74) is 2.01. The quantitative estimate of drug-likeness (QED) is 0.746. The SMILES string of the molecule is Cc1ccc(N(C)C(=O)OC(C)C)cc1. The van der Waals surface area contributed by atoms with Crippen molar-refractivity contribution in [2.75, 3.05) is 11.9 Å². The molecule has 0 atom stereocenters. The van der Waals surface area contributed by atoms with Crippen molar-refractivity contribution < 1.29 is 9.53 Å². The maximum atomic E-state index is 11.5. The smallest absolute Gasteiger partial charge is 0.414 e. The van der Waals surface area contributed by atoms with Gasteiger partial charge in [0.1, 0.15) is 0 Å². The molecule has 0 aliphatic heterocycles. The van der Waals surface area contributed by atoms with Gasteiger partial charge in [0, 0.05) is 12.7 Å². The van der Waals surface area contributed by atoms with Gasteiger partial charge in [0.2, 0.25) is 0 Å². The number of hydrogen-bond acceptors (Lipinski definition) is 2. The van der Waals surface area contributed by atoms with Crippen LogP contribution in [0, 0.1) is 6.92 Å². The Balaban J connectivity index is 2.71. The molecule has 0 saturated heterocycles. The minimum Gasteiger partial charge on any atom is -0.446 e. The van der Waals surface area contributed by atoms with Gasteiger partial charge in [0.05, 0.1) is 6.10 Å². The summed E-state index contributed by atoms with van der Waals surface area (Å²) in [6.45, 7) is 5.68. The fourth-order valence-corrected chi connectivity index (χ4v) is 1.15. The van der Waals surface area contributed by atoms with Crippen LogP contribution >= 0.6 is 0 Å². The van der Waals surface area contributed by atoms with Gasteiger partial charge in [-0.1, -0.05) is 17.7 Å². The Labute approximate surface area is 90.7 Å². The highest BCUT2D eigenvalue weighted by Gasteiger charge is 2.12. The van der Waals surface area contributed by atoms with Crippen molar-refractivity contribution in [1.29, 1.82) is 0 Å². The molecule has 15 heavy (non-hydrogen) atoms.